The van der Waals surface area contributed by atoms with Gasteiger partial charge in [-0.05, 0) is 36.2 Å². The molecular weight excluding hydrogens is 303 g/mol. The van der Waals surface area contributed by atoms with E-state index in [9.17, 15) is 4.57 Å². The van der Waals surface area contributed by atoms with Crippen molar-refractivity contribution in [2.24, 2.45) is 5.41 Å². The van der Waals surface area contributed by atoms with Gasteiger partial charge in [0.2, 0.25) is 0 Å². The molecule has 1 rings (SSSR count). The molecule has 0 aromatic heterocycles. The molecule has 0 saturated carbocycles. The van der Waals surface area contributed by atoms with Crippen LogP contribution >= 0.6 is 7.60 Å². The van der Waals surface area contributed by atoms with Crippen LogP contribution in [0.4, 0.5) is 0 Å². The van der Waals surface area contributed by atoms with Gasteiger partial charge in [0.05, 0.1) is 11.4 Å². The minimum atomic E-state index is -3.18. The first-order chi connectivity index (χ1) is 9.64. The number of hydrogen-bond acceptors (Lipinski definition) is 4. The molecule has 120 valence electrons. The van der Waals surface area contributed by atoms with Crippen molar-refractivity contribution in [2.75, 3.05) is 14.2 Å². The molecule has 0 heterocycles. The molecule has 21 heavy (non-hydrogen) atoms. The van der Waals surface area contributed by atoms with Gasteiger partial charge in [0.15, 0.2) is 9.04 Å². The van der Waals surface area contributed by atoms with Crippen LogP contribution in [-0.4, -0.2) is 23.3 Å². The van der Waals surface area contributed by atoms with Gasteiger partial charge in [-0.25, -0.2) is 0 Å². The Balaban J connectivity index is 3.12. The van der Waals surface area contributed by atoms with Crippen molar-refractivity contribution in [2.45, 2.75) is 40.0 Å². The zero-order valence-corrected chi connectivity index (χ0v) is 16.1. The summed E-state index contributed by atoms with van der Waals surface area (Å²) in [6, 6.07) is 7.50. The average molecular weight is 330 g/mol. The second kappa shape index (κ2) is 7.21. The fraction of sp³-hybridized carbons (Fsp3) is 0.600. The Morgan fingerprint density at radius 3 is 1.86 bits per heavy atom. The molecule has 1 aromatic carbocycles. The molecule has 0 spiro atoms. The van der Waals surface area contributed by atoms with E-state index in [1.807, 2.05) is 12.1 Å². The van der Waals surface area contributed by atoms with Gasteiger partial charge < -0.3 is 13.5 Å². The summed E-state index contributed by atoms with van der Waals surface area (Å²) in [4.78, 5) is 0. The summed E-state index contributed by atoms with van der Waals surface area (Å²) >= 11 is 0. The van der Waals surface area contributed by atoms with Crippen LogP contribution in [0.15, 0.2) is 24.3 Å². The van der Waals surface area contributed by atoms with Crippen LogP contribution in [0.5, 0.6) is 0 Å². The zero-order chi connectivity index (χ0) is 16.3. The van der Waals surface area contributed by atoms with Gasteiger partial charge in [0.25, 0.3) is 0 Å². The Labute approximate surface area is 130 Å². The Hall–Kier alpha value is -0.453. The lowest BCUT2D eigenvalue weighted by Gasteiger charge is -2.33. The topological polar surface area (TPSA) is 44.8 Å². The molecule has 0 amide bonds. The SMILES string of the molecule is COP(=O)(OC)c1ccc(C(O[SiH](C)C)C(C)(C)C)cc1. The van der Waals surface area contributed by atoms with Crippen molar-refractivity contribution in [1.29, 1.82) is 0 Å². The van der Waals surface area contributed by atoms with Crippen molar-refractivity contribution in [1.82, 2.24) is 0 Å². The van der Waals surface area contributed by atoms with Gasteiger partial charge in [-0.3, -0.25) is 4.57 Å². The highest BCUT2D eigenvalue weighted by Crippen LogP contribution is 2.45. The Kier molecular flexibility index (Phi) is 6.38. The maximum Gasteiger partial charge on any atom is 0.360 e. The van der Waals surface area contributed by atoms with E-state index < -0.39 is 16.6 Å². The second-order valence-corrected chi connectivity index (χ2v) is 11.0. The van der Waals surface area contributed by atoms with Crippen LogP contribution in [0.2, 0.25) is 13.1 Å². The van der Waals surface area contributed by atoms with E-state index in [1.165, 1.54) is 14.2 Å². The lowest BCUT2D eigenvalue weighted by molar-refractivity contribution is 0.0866. The van der Waals surface area contributed by atoms with Crippen LogP contribution in [0, 0.1) is 5.41 Å². The van der Waals surface area contributed by atoms with Crippen molar-refractivity contribution in [3.05, 3.63) is 29.8 Å². The highest BCUT2D eigenvalue weighted by atomic mass is 31.2. The third-order valence-electron chi connectivity index (χ3n) is 3.19. The van der Waals surface area contributed by atoms with Crippen LogP contribution in [-0.2, 0) is 18.0 Å². The lowest BCUT2D eigenvalue weighted by atomic mass is 9.85. The smallest absolute Gasteiger partial charge is 0.360 e. The Morgan fingerprint density at radius 1 is 1.05 bits per heavy atom. The number of rotatable bonds is 6. The highest BCUT2D eigenvalue weighted by Gasteiger charge is 2.29. The summed E-state index contributed by atoms with van der Waals surface area (Å²) in [5, 5.41) is 0.561. The molecule has 1 atom stereocenters. The molecule has 0 fully saturated rings. The molecule has 4 nitrogen and oxygen atoms in total. The average Bonchev–Trinajstić information content (AvgIpc) is 2.43. The van der Waals surface area contributed by atoms with E-state index in [-0.39, 0.29) is 11.5 Å². The largest absolute Gasteiger partial charge is 0.413 e. The van der Waals surface area contributed by atoms with E-state index in [0.717, 1.165) is 5.56 Å². The zero-order valence-electron chi connectivity index (χ0n) is 14.0. The molecule has 6 heteroatoms. The first-order valence-corrected chi connectivity index (χ1v) is 11.4. The summed E-state index contributed by atoms with van der Waals surface area (Å²) in [6.07, 6.45) is 0.0303. The van der Waals surface area contributed by atoms with E-state index in [4.69, 9.17) is 13.5 Å². The van der Waals surface area contributed by atoms with Gasteiger partial charge in [0.1, 0.15) is 0 Å². The highest BCUT2D eigenvalue weighted by molar-refractivity contribution is 7.62. The number of hydrogen-bond donors (Lipinski definition) is 0. The molecule has 0 saturated heterocycles. The van der Waals surface area contributed by atoms with Gasteiger partial charge in [-0.15, -0.1) is 0 Å². The third kappa shape index (κ3) is 4.76. The van der Waals surface area contributed by atoms with Crippen LogP contribution < -0.4 is 5.30 Å². The molecule has 0 aliphatic heterocycles. The van der Waals surface area contributed by atoms with Gasteiger partial charge in [-0.1, -0.05) is 32.9 Å². The van der Waals surface area contributed by atoms with Gasteiger partial charge >= 0.3 is 7.60 Å². The van der Waals surface area contributed by atoms with Gasteiger partial charge in [0, 0.05) is 14.2 Å². The summed E-state index contributed by atoms with van der Waals surface area (Å²) in [5.74, 6) is 0. The summed E-state index contributed by atoms with van der Waals surface area (Å²) < 4.78 is 28.6. The molecule has 1 aromatic rings. The lowest BCUT2D eigenvalue weighted by Crippen LogP contribution is -2.26. The normalized spacial score (nSPS) is 14.5. The second-order valence-electron chi connectivity index (χ2n) is 6.39. The quantitative estimate of drug-likeness (QED) is 0.586. The molecular formula is C15H27O4PSi. The van der Waals surface area contributed by atoms with Crippen LogP contribution in [0.1, 0.15) is 32.4 Å². The minimum absolute atomic E-state index is 0.00496. The van der Waals surface area contributed by atoms with Crippen molar-refractivity contribution < 1.29 is 18.0 Å². The summed E-state index contributed by atoms with van der Waals surface area (Å²) in [7, 11) is -1.56. The first kappa shape index (κ1) is 18.6. The Bertz CT molecular complexity index is 485. The molecule has 0 radical (unpaired) electrons. The van der Waals surface area contributed by atoms with E-state index in [0.29, 0.717) is 5.30 Å². The van der Waals surface area contributed by atoms with E-state index >= 15 is 0 Å². The molecule has 1 unspecified atom stereocenters. The first-order valence-electron chi connectivity index (χ1n) is 7.11. The third-order valence-corrected chi connectivity index (χ3v) is 5.90. The summed E-state index contributed by atoms with van der Waals surface area (Å²) in [6.45, 7) is 10.8. The van der Waals surface area contributed by atoms with Crippen molar-refractivity contribution >= 4 is 21.9 Å². The Morgan fingerprint density at radius 2 is 1.52 bits per heavy atom. The summed E-state index contributed by atoms with van der Waals surface area (Å²) in [5.41, 5.74) is 1.09. The predicted molar refractivity (Wildman–Crippen MR) is 89.9 cm³/mol. The predicted octanol–water partition coefficient (Wildman–Crippen LogP) is 3.89. The molecule has 0 aliphatic rings. The van der Waals surface area contributed by atoms with Gasteiger partial charge in [-0.2, -0.15) is 0 Å². The van der Waals surface area contributed by atoms with Crippen molar-refractivity contribution in [3.63, 3.8) is 0 Å². The van der Waals surface area contributed by atoms with Crippen molar-refractivity contribution in [3.8, 4) is 0 Å². The maximum atomic E-state index is 12.3. The van der Waals surface area contributed by atoms with Crippen LogP contribution in [0.25, 0.3) is 0 Å². The maximum absolute atomic E-state index is 12.3. The molecule has 0 N–H and O–H groups in total. The number of benzene rings is 1. The minimum Gasteiger partial charge on any atom is -0.413 e. The molecule has 0 bridgehead atoms. The fourth-order valence-electron chi connectivity index (χ4n) is 2.17. The fourth-order valence-corrected chi connectivity index (χ4v) is 4.37. The van der Waals surface area contributed by atoms with Crippen LogP contribution in [0.3, 0.4) is 0 Å². The molecule has 0 aliphatic carbocycles. The van der Waals surface area contributed by atoms with E-state index in [2.05, 4.69) is 33.9 Å². The van der Waals surface area contributed by atoms with E-state index in [1.54, 1.807) is 12.1 Å². The standard InChI is InChI=1S/C15H27O4PSi/c1-15(2,3)14(19-21(6)7)12-8-10-13(11-9-12)20(16,17-4)18-5/h8-11,14,21H,1-7H3. The monoisotopic (exact) mass is 330 g/mol.